The van der Waals surface area contributed by atoms with Gasteiger partial charge in [0.2, 0.25) is 5.91 Å². The minimum atomic E-state index is -0.0564. The maximum atomic E-state index is 10.7. The number of carbonyl (C=O) groups excluding carboxylic acids is 1. The van der Waals surface area contributed by atoms with Crippen LogP contribution in [0.5, 0.6) is 0 Å². The number of nitrogens with zero attached hydrogens (tertiary/aromatic N) is 1. The molecule has 0 unspecified atom stereocenters. The van der Waals surface area contributed by atoms with Crippen molar-refractivity contribution in [1.29, 1.82) is 0 Å². The monoisotopic (exact) mass is 146 g/mol. The summed E-state index contributed by atoms with van der Waals surface area (Å²) in [6, 6.07) is 0. The van der Waals surface area contributed by atoms with Gasteiger partial charge in [0.1, 0.15) is 0 Å². The van der Waals surface area contributed by atoms with E-state index in [0.717, 1.165) is 0 Å². The van der Waals surface area contributed by atoms with Crippen molar-refractivity contribution in [2.45, 2.75) is 0 Å². The minimum Gasteiger partial charge on any atom is -0.395 e. The number of aliphatic hydroxyl groups is 1. The van der Waals surface area contributed by atoms with Gasteiger partial charge in [0.25, 0.3) is 0 Å². The van der Waals surface area contributed by atoms with Crippen molar-refractivity contribution in [3.05, 3.63) is 0 Å². The highest BCUT2D eigenvalue weighted by Crippen LogP contribution is 1.72. The summed E-state index contributed by atoms with van der Waals surface area (Å²) in [5.74, 6) is -0.0564. The third kappa shape index (κ3) is 5.53. The predicted molar refractivity (Wildman–Crippen MR) is 38.6 cm³/mol. The van der Waals surface area contributed by atoms with Crippen molar-refractivity contribution in [1.82, 2.24) is 10.2 Å². The van der Waals surface area contributed by atoms with Crippen LogP contribution in [0.2, 0.25) is 0 Å². The average molecular weight is 146 g/mol. The first-order valence-electron chi connectivity index (χ1n) is 3.19. The molecule has 10 heavy (non-hydrogen) atoms. The number of carbonyl (C=O) groups is 1. The molecule has 0 aromatic heterocycles. The summed E-state index contributed by atoms with van der Waals surface area (Å²) < 4.78 is 0. The van der Waals surface area contributed by atoms with Gasteiger partial charge >= 0.3 is 0 Å². The summed E-state index contributed by atoms with van der Waals surface area (Å²) >= 11 is 0. The molecule has 0 aromatic rings. The molecule has 0 atom stereocenters. The molecular formula is C6H14N2O2. The summed E-state index contributed by atoms with van der Waals surface area (Å²) in [5, 5.41) is 10.9. The number of hydrogen-bond acceptors (Lipinski definition) is 3. The molecule has 4 nitrogen and oxygen atoms in total. The van der Waals surface area contributed by atoms with Gasteiger partial charge in [-0.15, -0.1) is 0 Å². The second-order valence-corrected chi connectivity index (χ2v) is 2.31. The second-order valence-electron chi connectivity index (χ2n) is 2.31. The molecule has 4 heteroatoms. The van der Waals surface area contributed by atoms with E-state index in [4.69, 9.17) is 5.11 Å². The Labute approximate surface area is 60.8 Å². The van der Waals surface area contributed by atoms with E-state index in [-0.39, 0.29) is 12.5 Å². The fourth-order valence-electron chi connectivity index (χ4n) is 0.538. The number of likely N-dealkylation sites (N-methyl/N-ethyl adjacent to an activating group) is 1. The Morgan fingerprint density at radius 3 is 2.60 bits per heavy atom. The highest BCUT2D eigenvalue weighted by molar-refractivity contribution is 5.77. The zero-order valence-electron chi connectivity index (χ0n) is 6.42. The lowest BCUT2D eigenvalue weighted by Crippen LogP contribution is -2.34. The van der Waals surface area contributed by atoms with Gasteiger partial charge in [0, 0.05) is 6.54 Å². The molecule has 0 aliphatic heterocycles. The first-order chi connectivity index (χ1) is 4.66. The van der Waals surface area contributed by atoms with Crippen molar-refractivity contribution >= 4 is 5.91 Å². The number of amides is 1. The molecule has 1 amide bonds. The van der Waals surface area contributed by atoms with Crippen LogP contribution >= 0.6 is 0 Å². The third-order valence-electron chi connectivity index (χ3n) is 0.894. The van der Waals surface area contributed by atoms with E-state index in [1.165, 1.54) is 0 Å². The van der Waals surface area contributed by atoms with Gasteiger partial charge in [0.15, 0.2) is 0 Å². The van der Waals surface area contributed by atoms with Crippen LogP contribution in [-0.4, -0.2) is 49.7 Å². The molecule has 0 heterocycles. The summed E-state index contributed by atoms with van der Waals surface area (Å²) in [5.41, 5.74) is 0. The molecule has 2 N–H and O–H groups in total. The lowest BCUT2D eigenvalue weighted by Gasteiger charge is -2.08. The molecule has 0 aliphatic rings. The first-order valence-corrected chi connectivity index (χ1v) is 3.19. The summed E-state index contributed by atoms with van der Waals surface area (Å²) in [4.78, 5) is 12.5. The van der Waals surface area contributed by atoms with Crippen LogP contribution in [0.4, 0.5) is 0 Å². The number of hydrogen-bond donors (Lipinski definition) is 2. The highest BCUT2D eigenvalue weighted by atomic mass is 16.3. The van der Waals surface area contributed by atoms with E-state index in [1.807, 2.05) is 14.1 Å². The van der Waals surface area contributed by atoms with E-state index in [9.17, 15) is 4.79 Å². The van der Waals surface area contributed by atoms with E-state index in [0.29, 0.717) is 13.1 Å². The largest absolute Gasteiger partial charge is 0.395 e. The van der Waals surface area contributed by atoms with Crippen molar-refractivity contribution in [2.24, 2.45) is 0 Å². The zero-order valence-corrected chi connectivity index (χ0v) is 6.42. The molecule has 0 rings (SSSR count). The van der Waals surface area contributed by atoms with Gasteiger partial charge in [-0.25, -0.2) is 0 Å². The molecule has 0 fully saturated rings. The standard InChI is InChI=1S/C6H14N2O2/c1-8(2)5-6(10)7-3-4-9/h9H,3-5H2,1-2H3,(H,7,10). The molecule has 0 saturated carbocycles. The molecule has 0 radical (unpaired) electrons. The number of nitrogens with one attached hydrogen (secondary N) is 1. The van der Waals surface area contributed by atoms with E-state index in [2.05, 4.69) is 5.32 Å². The van der Waals surface area contributed by atoms with Gasteiger partial charge in [0.05, 0.1) is 13.2 Å². The maximum Gasteiger partial charge on any atom is 0.234 e. The third-order valence-corrected chi connectivity index (χ3v) is 0.894. The van der Waals surface area contributed by atoms with Crippen LogP contribution in [0.25, 0.3) is 0 Å². The van der Waals surface area contributed by atoms with Gasteiger partial charge in [-0.1, -0.05) is 0 Å². The van der Waals surface area contributed by atoms with Crippen LogP contribution < -0.4 is 5.32 Å². The zero-order chi connectivity index (χ0) is 7.98. The maximum absolute atomic E-state index is 10.7. The van der Waals surface area contributed by atoms with Crippen LogP contribution in [0.15, 0.2) is 0 Å². The van der Waals surface area contributed by atoms with Crippen molar-refractivity contribution in [3.8, 4) is 0 Å². The molecule has 0 aromatic carbocycles. The van der Waals surface area contributed by atoms with Crippen LogP contribution in [-0.2, 0) is 4.79 Å². The van der Waals surface area contributed by atoms with Crippen molar-refractivity contribution in [2.75, 3.05) is 33.8 Å². The molecule has 0 bridgehead atoms. The lowest BCUT2D eigenvalue weighted by molar-refractivity contribution is -0.121. The fraction of sp³-hybridized carbons (Fsp3) is 0.833. The van der Waals surface area contributed by atoms with Gasteiger partial charge in [-0.3, -0.25) is 4.79 Å². The molecular weight excluding hydrogens is 132 g/mol. The SMILES string of the molecule is CN(C)CC(=O)NCCO. The van der Waals surface area contributed by atoms with Crippen molar-refractivity contribution in [3.63, 3.8) is 0 Å². The number of rotatable bonds is 4. The Morgan fingerprint density at radius 2 is 2.20 bits per heavy atom. The second kappa shape index (κ2) is 5.20. The van der Waals surface area contributed by atoms with Crippen LogP contribution in [0, 0.1) is 0 Å². The summed E-state index contributed by atoms with van der Waals surface area (Å²) in [7, 11) is 3.64. The number of aliphatic hydroxyl groups excluding tert-OH is 1. The molecule has 0 spiro atoms. The normalized spacial score (nSPS) is 10.0. The van der Waals surface area contributed by atoms with E-state index >= 15 is 0 Å². The van der Waals surface area contributed by atoms with E-state index < -0.39 is 0 Å². The Kier molecular flexibility index (Phi) is 4.88. The minimum absolute atomic E-state index is 0.000825. The summed E-state index contributed by atoms with van der Waals surface area (Å²) in [6.07, 6.45) is 0. The van der Waals surface area contributed by atoms with E-state index in [1.54, 1.807) is 4.90 Å². The Hall–Kier alpha value is -0.610. The molecule has 0 saturated heterocycles. The predicted octanol–water partition coefficient (Wildman–Crippen LogP) is -1.34. The van der Waals surface area contributed by atoms with Gasteiger partial charge < -0.3 is 15.3 Å². The average Bonchev–Trinajstić information content (AvgIpc) is 1.82. The smallest absolute Gasteiger partial charge is 0.234 e. The van der Waals surface area contributed by atoms with Crippen LogP contribution in [0.3, 0.4) is 0 Å². The first kappa shape index (κ1) is 9.39. The molecule has 0 aliphatic carbocycles. The fourth-order valence-corrected chi connectivity index (χ4v) is 0.538. The quantitative estimate of drug-likeness (QED) is 0.516. The Balaban J connectivity index is 3.26. The summed E-state index contributed by atoms with van der Waals surface area (Å²) in [6.45, 7) is 0.714. The Morgan fingerprint density at radius 1 is 1.60 bits per heavy atom. The van der Waals surface area contributed by atoms with Crippen LogP contribution in [0.1, 0.15) is 0 Å². The Bertz CT molecular complexity index is 104. The van der Waals surface area contributed by atoms with Crippen molar-refractivity contribution < 1.29 is 9.90 Å². The van der Waals surface area contributed by atoms with Gasteiger partial charge in [-0.2, -0.15) is 0 Å². The van der Waals surface area contributed by atoms with Gasteiger partial charge in [-0.05, 0) is 14.1 Å². The topological polar surface area (TPSA) is 52.6 Å². The lowest BCUT2D eigenvalue weighted by atomic mass is 10.5. The molecule has 60 valence electrons. The highest BCUT2D eigenvalue weighted by Gasteiger charge is 1.99.